The van der Waals surface area contributed by atoms with Gasteiger partial charge in [-0.05, 0) is 13.8 Å². The summed E-state index contributed by atoms with van der Waals surface area (Å²) in [6.07, 6.45) is 0.507. The zero-order valence-electron chi connectivity index (χ0n) is 10.6. The highest BCUT2D eigenvalue weighted by Gasteiger charge is 2.27. The molecule has 94 valence electrons. The normalized spacial score (nSPS) is 20.8. The van der Waals surface area contributed by atoms with Crippen LogP contribution in [0.2, 0.25) is 0 Å². The summed E-state index contributed by atoms with van der Waals surface area (Å²) in [6.45, 7) is 5.72. The van der Waals surface area contributed by atoms with Gasteiger partial charge in [0.05, 0.1) is 19.3 Å². The molecule has 0 atom stereocenters. The fourth-order valence-electron chi connectivity index (χ4n) is 1.42. The Morgan fingerprint density at radius 2 is 1.94 bits per heavy atom. The standard InChI is InChI=1S/C11H22N2O3/c1-11(2)15-7-9(8-16-11)12-6-5-10(14)13(3)4/h9,12H,5-8H2,1-4H3. The van der Waals surface area contributed by atoms with Crippen molar-refractivity contribution in [2.24, 2.45) is 0 Å². The third kappa shape index (κ3) is 4.47. The monoisotopic (exact) mass is 230 g/mol. The quantitative estimate of drug-likeness (QED) is 0.750. The van der Waals surface area contributed by atoms with Crippen molar-refractivity contribution in [3.05, 3.63) is 0 Å². The highest BCUT2D eigenvalue weighted by atomic mass is 16.7. The van der Waals surface area contributed by atoms with Gasteiger partial charge in [-0.2, -0.15) is 0 Å². The van der Waals surface area contributed by atoms with Gasteiger partial charge in [0.15, 0.2) is 5.79 Å². The second-order valence-corrected chi connectivity index (χ2v) is 4.71. The first-order valence-electron chi connectivity index (χ1n) is 5.62. The Balaban J connectivity index is 2.13. The van der Waals surface area contributed by atoms with Gasteiger partial charge in [-0.25, -0.2) is 0 Å². The summed E-state index contributed by atoms with van der Waals surface area (Å²) in [5.74, 6) is -0.344. The molecule has 0 aromatic carbocycles. The molecule has 1 heterocycles. The van der Waals surface area contributed by atoms with E-state index in [-0.39, 0.29) is 11.9 Å². The number of nitrogens with zero attached hydrogens (tertiary/aromatic N) is 1. The second kappa shape index (κ2) is 5.61. The molecule has 1 amide bonds. The zero-order chi connectivity index (χ0) is 12.2. The minimum absolute atomic E-state index is 0.130. The molecule has 0 aromatic heterocycles. The summed E-state index contributed by atoms with van der Waals surface area (Å²) in [5, 5.41) is 3.25. The van der Waals surface area contributed by atoms with Gasteiger partial charge in [0.25, 0.3) is 0 Å². The zero-order valence-corrected chi connectivity index (χ0v) is 10.6. The minimum atomic E-state index is -0.475. The van der Waals surface area contributed by atoms with Gasteiger partial charge in [-0.15, -0.1) is 0 Å². The molecule has 0 aliphatic carbocycles. The SMILES string of the molecule is CN(C)C(=O)CCNC1COC(C)(C)OC1. The Morgan fingerprint density at radius 3 is 2.44 bits per heavy atom. The van der Waals surface area contributed by atoms with Crippen LogP contribution in [0.15, 0.2) is 0 Å². The molecule has 16 heavy (non-hydrogen) atoms. The largest absolute Gasteiger partial charge is 0.349 e. The molecule has 1 fully saturated rings. The summed E-state index contributed by atoms with van der Waals surface area (Å²) in [5.41, 5.74) is 0. The predicted octanol–water partition coefficient (Wildman–Crippen LogP) is 0.206. The van der Waals surface area contributed by atoms with Crippen molar-refractivity contribution in [2.45, 2.75) is 32.1 Å². The molecule has 1 aliphatic heterocycles. The number of ether oxygens (including phenoxy) is 2. The average molecular weight is 230 g/mol. The molecule has 0 spiro atoms. The lowest BCUT2D eigenvalue weighted by Gasteiger charge is -2.35. The van der Waals surface area contributed by atoms with Crippen LogP contribution in [0.1, 0.15) is 20.3 Å². The summed E-state index contributed by atoms with van der Waals surface area (Å²) in [7, 11) is 3.52. The van der Waals surface area contributed by atoms with Crippen molar-refractivity contribution in [2.75, 3.05) is 33.9 Å². The van der Waals surface area contributed by atoms with Gasteiger partial charge in [-0.3, -0.25) is 4.79 Å². The molecule has 0 aromatic rings. The topological polar surface area (TPSA) is 50.8 Å². The van der Waals surface area contributed by atoms with Crippen LogP contribution in [-0.4, -0.2) is 56.5 Å². The summed E-state index contributed by atoms with van der Waals surface area (Å²) in [6, 6.07) is 0.183. The van der Waals surface area contributed by atoms with E-state index >= 15 is 0 Å². The van der Waals surface area contributed by atoms with Gasteiger partial charge in [0.2, 0.25) is 5.91 Å². The van der Waals surface area contributed by atoms with Crippen molar-refractivity contribution >= 4 is 5.91 Å². The van der Waals surface area contributed by atoms with E-state index in [2.05, 4.69) is 5.32 Å². The Morgan fingerprint density at radius 1 is 1.38 bits per heavy atom. The second-order valence-electron chi connectivity index (χ2n) is 4.71. The van der Waals surface area contributed by atoms with Crippen molar-refractivity contribution in [3.8, 4) is 0 Å². The summed E-state index contributed by atoms with van der Waals surface area (Å²) in [4.78, 5) is 12.9. The number of rotatable bonds is 4. The van der Waals surface area contributed by atoms with E-state index in [9.17, 15) is 4.79 Å². The number of carbonyl (C=O) groups is 1. The highest BCUT2D eigenvalue weighted by molar-refractivity contribution is 5.75. The van der Waals surface area contributed by atoms with E-state index in [1.54, 1.807) is 19.0 Å². The number of hydrogen-bond donors (Lipinski definition) is 1. The fraction of sp³-hybridized carbons (Fsp3) is 0.909. The average Bonchev–Trinajstić information content (AvgIpc) is 2.20. The van der Waals surface area contributed by atoms with Crippen molar-refractivity contribution in [3.63, 3.8) is 0 Å². The van der Waals surface area contributed by atoms with Crippen LogP contribution in [0.5, 0.6) is 0 Å². The molecule has 0 radical (unpaired) electrons. The Kier molecular flexibility index (Phi) is 4.70. The number of nitrogens with one attached hydrogen (secondary N) is 1. The van der Waals surface area contributed by atoms with E-state index < -0.39 is 5.79 Å². The van der Waals surface area contributed by atoms with Crippen LogP contribution in [0.25, 0.3) is 0 Å². The molecule has 0 unspecified atom stereocenters. The molecule has 5 heteroatoms. The molecule has 5 nitrogen and oxygen atoms in total. The first-order valence-corrected chi connectivity index (χ1v) is 5.62. The third-order valence-corrected chi connectivity index (χ3v) is 2.53. The summed E-state index contributed by atoms with van der Waals surface area (Å²) >= 11 is 0. The molecular weight excluding hydrogens is 208 g/mol. The van der Waals surface area contributed by atoms with E-state index in [1.807, 2.05) is 13.8 Å². The Labute approximate surface area is 97.1 Å². The summed E-state index contributed by atoms with van der Waals surface area (Å²) < 4.78 is 11.0. The number of hydrogen-bond acceptors (Lipinski definition) is 4. The minimum Gasteiger partial charge on any atom is -0.349 e. The van der Waals surface area contributed by atoms with E-state index in [0.717, 1.165) is 0 Å². The predicted molar refractivity (Wildman–Crippen MR) is 61.1 cm³/mol. The Bertz CT molecular complexity index is 231. The lowest BCUT2D eigenvalue weighted by Crippen LogP contribution is -2.49. The maximum atomic E-state index is 11.3. The van der Waals surface area contributed by atoms with Crippen molar-refractivity contribution < 1.29 is 14.3 Å². The van der Waals surface area contributed by atoms with E-state index in [1.165, 1.54) is 0 Å². The number of amides is 1. The molecule has 1 aliphatic rings. The smallest absolute Gasteiger partial charge is 0.223 e. The first-order chi connectivity index (χ1) is 7.41. The van der Waals surface area contributed by atoms with Crippen LogP contribution in [-0.2, 0) is 14.3 Å². The third-order valence-electron chi connectivity index (χ3n) is 2.53. The molecule has 0 saturated carbocycles. The van der Waals surface area contributed by atoms with Gasteiger partial charge < -0.3 is 19.7 Å². The van der Waals surface area contributed by atoms with Gasteiger partial charge in [-0.1, -0.05) is 0 Å². The van der Waals surface area contributed by atoms with Crippen LogP contribution in [0, 0.1) is 0 Å². The van der Waals surface area contributed by atoms with E-state index in [4.69, 9.17) is 9.47 Å². The molecule has 1 N–H and O–H groups in total. The maximum absolute atomic E-state index is 11.3. The van der Waals surface area contributed by atoms with Gasteiger partial charge in [0.1, 0.15) is 0 Å². The van der Waals surface area contributed by atoms with Gasteiger partial charge in [0, 0.05) is 27.1 Å². The molecule has 1 rings (SSSR count). The molecule has 1 saturated heterocycles. The first kappa shape index (κ1) is 13.4. The van der Waals surface area contributed by atoms with Crippen molar-refractivity contribution in [1.29, 1.82) is 0 Å². The number of carbonyl (C=O) groups excluding carboxylic acids is 1. The van der Waals surface area contributed by atoms with Gasteiger partial charge >= 0.3 is 0 Å². The van der Waals surface area contributed by atoms with Crippen LogP contribution < -0.4 is 5.32 Å². The molecular formula is C11H22N2O3. The Hall–Kier alpha value is -0.650. The lowest BCUT2D eigenvalue weighted by atomic mass is 10.2. The molecule has 0 bridgehead atoms. The van der Waals surface area contributed by atoms with Crippen LogP contribution >= 0.6 is 0 Å². The van der Waals surface area contributed by atoms with Crippen LogP contribution in [0.3, 0.4) is 0 Å². The highest BCUT2D eigenvalue weighted by Crippen LogP contribution is 2.16. The van der Waals surface area contributed by atoms with E-state index in [0.29, 0.717) is 26.2 Å². The lowest BCUT2D eigenvalue weighted by molar-refractivity contribution is -0.252. The fourth-order valence-corrected chi connectivity index (χ4v) is 1.42. The van der Waals surface area contributed by atoms with Crippen molar-refractivity contribution in [1.82, 2.24) is 10.2 Å². The van der Waals surface area contributed by atoms with Crippen LogP contribution in [0.4, 0.5) is 0 Å². The maximum Gasteiger partial charge on any atom is 0.223 e.